The van der Waals surface area contributed by atoms with Crippen LogP contribution in [0.3, 0.4) is 0 Å². The molecular formula is C13H23N3O. The summed E-state index contributed by atoms with van der Waals surface area (Å²) in [4.78, 5) is 6.48. The van der Waals surface area contributed by atoms with E-state index in [-0.39, 0.29) is 0 Å². The molecule has 1 aromatic rings. The van der Waals surface area contributed by atoms with E-state index in [0.717, 1.165) is 25.4 Å². The average molecular weight is 237 g/mol. The van der Waals surface area contributed by atoms with E-state index in [1.807, 2.05) is 19.3 Å². The van der Waals surface area contributed by atoms with Crippen LogP contribution in [0.5, 0.6) is 0 Å². The van der Waals surface area contributed by atoms with Crippen LogP contribution in [0.25, 0.3) is 0 Å². The van der Waals surface area contributed by atoms with Crippen molar-refractivity contribution < 1.29 is 4.74 Å². The number of pyridine rings is 1. The molecule has 17 heavy (non-hydrogen) atoms. The molecule has 1 aromatic heterocycles. The van der Waals surface area contributed by atoms with E-state index in [2.05, 4.69) is 42.2 Å². The molecule has 1 N–H and O–H groups in total. The summed E-state index contributed by atoms with van der Waals surface area (Å²) < 4.78 is 5.54. The van der Waals surface area contributed by atoms with Crippen LogP contribution >= 0.6 is 0 Å². The number of hydrogen-bond acceptors (Lipinski definition) is 4. The number of aromatic nitrogens is 1. The highest BCUT2D eigenvalue weighted by atomic mass is 16.5. The fraction of sp³-hybridized carbons (Fsp3) is 0.615. The molecule has 0 spiro atoms. The fourth-order valence-electron chi connectivity index (χ4n) is 1.54. The molecule has 0 aromatic carbocycles. The Morgan fingerprint density at radius 3 is 2.88 bits per heavy atom. The van der Waals surface area contributed by atoms with Crippen molar-refractivity contribution in [2.75, 3.05) is 32.1 Å². The summed E-state index contributed by atoms with van der Waals surface area (Å²) in [7, 11) is 4.00. The molecule has 0 amide bonds. The van der Waals surface area contributed by atoms with Crippen molar-refractivity contribution in [3.05, 3.63) is 24.0 Å². The van der Waals surface area contributed by atoms with Gasteiger partial charge in [-0.3, -0.25) is 4.98 Å². The summed E-state index contributed by atoms with van der Waals surface area (Å²) in [6, 6.07) is 4.13. The first-order valence-corrected chi connectivity index (χ1v) is 6.05. The topological polar surface area (TPSA) is 37.4 Å². The van der Waals surface area contributed by atoms with Gasteiger partial charge in [0.25, 0.3) is 0 Å². The summed E-state index contributed by atoms with van der Waals surface area (Å²) in [5.41, 5.74) is 2.24. The van der Waals surface area contributed by atoms with E-state index in [0.29, 0.717) is 6.10 Å². The van der Waals surface area contributed by atoms with Crippen LogP contribution < -0.4 is 10.2 Å². The van der Waals surface area contributed by atoms with Crippen LogP contribution in [0.1, 0.15) is 19.5 Å². The summed E-state index contributed by atoms with van der Waals surface area (Å²) in [5.74, 6) is 0. The molecule has 1 rings (SSSR count). The van der Waals surface area contributed by atoms with E-state index in [4.69, 9.17) is 4.74 Å². The minimum Gasteiger partial charge on any atom is -0.377 e. The lowest BCUT2D eigenvalue weighted by atomic mass is 10.3. The van der Waals surface area contributed by atoms with Gasteiger partial charge >= 0.3 is 0 Å². The predicted molar refractivity (Wildman–Crippen MR) is 71.4 cm³/mol. The minimum absolute atomic E-state index is 0.292. The number of ether oxygens (including phenoxy) is 1. The standard InChI is InChI=1S/C13H23N3O/c1-11(2)17-8-7-16(4)13-5-6-15-12(9-13)10-14-3/h5-6,9,11,14H,7-8,10H2,1-4H3. The molecular weight excluding hydrogens is 214 g/mol. The van der Waals surface area contributed by atoms with Crippen LogP contribution in [-0.4, -0.2) is 38.3 Å². The maximum atomic E-state index is 5.54. The molecule has 0 atom stereocenters. The Balaban J connectivity index is 2.50. The molecule has 0 saturated carbocycles. The third-order valence-corrected chi connectivity index (χ3v) is 2.48. The third-order valence-electron chi connectivity index (χ3n) is 2.48. The van der Waals surface area contributed by atoms with Gasteiger partial charge in [-0.1, -0.05) is 0 Å². The zero-order valence-electron chi connectivity index (χ0n) is 11.2. The van der Waals surface area contributed by atoms with Crippen molar-refractivity contribution >= 4 is 5.69 Å². The first-order valence-electron chi connectivity index (χ1n) is 6.05. The Labute approximate surface area is 104 Å². The van der Waals surface area contributed by atoms with Gasteiger partial charge in [0.15, 0.2) is 0 Å². The average Bonchev–Trinajstić information content (AvgIpc) is 2.29. The second-order valence-electron chi connectivity index (χ2n) is 4.38. The van der Waals surface area contributed by atoms with Gasteiger partial charge in [0.2, 0.25) is 0 Å². The zero-order chi connectivity index (χ0) is 12.7. The highest BCUT2D eigenvalue weighted by Crippen LogP contribution is 2.12. The molecule has 0 radical (unpaired) electrons. The molecule has 0 aliphatic rings. The fourth-order valence-corrected chi connectivity index (χ4v) is 1.54. The normalized spacial score (nSPS) is 10.9. The second-order valence-corrected chi connectivity index (χ2v) is 4.38. The van der Waals surface area contributed by atoms with Crippen LogP contribution in [0, 0.1) is 0 Å². The van der Waals surface area contributed by atoms with Gasteiger partial charge in [-0.05, 0) is 33.0 Å². The Morgan fingerprint density at radius 2 is 2.24 bits per heavy atom. The van der Waals surface area contributed by atoms with Crippen molar-refractivity contribution in [2.24, 2.45) is 0 Å². The molecule has 0 aliphatic heterocycles. The highest BCUT2D eigenvalue weighted by molar-refractivity contribution is 5.45. The van der Waals surface area contributed by atoms with E-state index >= 15 is 0 Å². The molecule has 0 unspecified atom stereocenters. The maximum Gasteiger partial charge on any atom is 0.0644 e. The summed E-state index contributed by atoms with van der Waals surface area (Å²) >= 11 is 0. The van der Waals surface area contributed by atoms with Gasteiger partial charge in [0, 0.05) is 32.0 Å². The highest BCUT2D eigenvalue weighted by Gasteiger charge is 2.03. The van der Waals surface area contributed by atoms with Crippen LogP contribution in [-0.2, 0) is 11.3 Å². The van der Waals surface area contributed by atoms with Crippen LogP contribution in [0.4, 0.5) is 5.69 Å². The molecule has 4 heteroatoms. The summed E-state index contributed by atoms with van der Waals surface area (Å²) in [5, 5.41) is 3.10. The molecule has 4 nitrogen and oxygen atoms in total. The van der Waals surface area contributed by atoms with Gasteiger partial charge in [0.05, 0.1) is 18.4 Å². The largest absolute Gasteiger partial charge is 0.377 e. The molecule has 0 bridgehead atoms. The Hall–Kier alpha value is -1.13. The lowest BCUT2D eigenvalue weighted by molar-refractivity contribution is 0.0846. The number of anilines is 1. The van der Waals surface area contributed by atoms with Gasteiger partial charge < -0.3 is 15.0 Å². The van der Waals surface area contributed by atoms with Crippen molar-refractivity contribution in [3.8, 4) is 0 Å². The van der Waals surface area contributed by atoms with Gasteiger partial charge in [-0.25, -0.2) is 0 Å². The van der Waals surface area contributed by atoms with Crippen LogP contribution in [0.2, 0.25) is 0 Å². The number of nitrogens with zero attached hydrogens (tertiary/aromatic N) is 2. The van der Waals surface area contributed by atoms with E-state index in [1.165, 1.54) is 5.69 Å². The van der Waals surface area contributed by atoms with Crippen molar-refractivity contribution in [3.63, 3.8) is 0 Å². The van der Waals surface area contributed by atoms with Crippen molar-refractivity contribution in [1.29, 1.82) is 0 Å². The molecule has 0 aliphatic carbocycles. The first-order chi connectivity index (χ1) is 8.13. The molecule has 0 saturated heterocycles. The zero-order valence-corrected chi connectivity index (χ0v) is 11.2. The summed E-state index contributed by atoms with van der Waals surface area (Å²) in [6.07, 6.45) is 2.14. The SMILES string of the molecule is CNCc1cc(N(C)CCOC(C)C)ccn1. The number of hydrogen-bond donors (Lipinski definition) is 1. The predicted octanol–water partition coefficient (Wildman–Crippen LogP) is 1.66. The molecule has 96 valence electrons. The number of likely N-dealkylation sites (N-methyl/N-ethyl adjacent to an activating group) is 1. The van der Waals surface area contributed by atoms with Crippen molar-refractivity contribution in [2.45, 2.75) is 26.5 Å². The van der Waals surface area contributed by atoms with Gasteiger partial charge in [-0.2, -0.15) is 0 Å². The lowest BCUT2D eigenvalue weighted by Gasteiger charge is -2.20. The first kappa shape index (κ1) is 13.9. The Bertz CT molecular complexity index is 328. The molecule has 1 heterocycles. The number of rotatable bonds is 7. The second kappa shape index (κ2) is 7.25. The minimum atomic E-state index is 0.292. The lowest BCUT2D eigenvalue weighted by Crippen LogP contribution is -2.24. The monoisotopic (exact) mass is 237 g/mol. The maximum absolute atomic E-state index is 5.54. The van der Waals surface area contributed by atoms with E-state index in [1.54, 1.807) is 0 Å². The van der Waals surface area contributed by atoms with E-state index in [9.17, 15) is 0 Å². The van der Waals surface area contributed by atoms with Crippen LogP contribution in [0.15, 0.2) is 18.3 Å². The quantitative estimate of drug-likeness (QED) is 0.782. The van der Waals surface area contributed by atoms with Gasteiger partial charge in [0.1, 0.15) is 0 Å². The third kappa shape index (κ3) is 5.15. The van der Waals surface area contributed by atoms with E-state index < -0.39 is 0 Å². The Kier molecular flexibility index (Phi) is 5.94. The smallest absolute Gasteiger partial charge is 0.0644 e. The molecule has 0 fully saturated rings. The number of nitrogens with one attached hydrogen (secondary N) is 1. The summed E-state index contributed by atoms with van der Waals surface area (Å²) in [6.45, 7) is 6.54. The Morgan fingerprint density at radius 1 is 1.47 bits per heavy atom. The van der Waals surface area contributed by atoms with Gasteiger partial charge in [-0.15, -0.1) is 0 Å². The van der Waals surface area contributed by atoms with Crippen molar-refractivity contribution in [1.82, 2.24) is 10.3 Å².